The van der Waals surface area contributed by atoms with Crippen LogP contribution in [0.15, 0.2) is 48.5 Å². The van der Waals surface area contributed by atoms with E-state index in [-0.39, 0.29) is 24.7 Å². The summed E-state index contributed by atoms with van der Waals surface area (Å²) >= 11 is 5.94. The number of carbonyl (C=O) groups excluding carboxylic acids is 1. The van der Waals surface area contributed by atoms with Crippen molar-refractivity contribution in [1.29, 1.82) is 0 Å². The van der Waals surface area contributed by atoms with Gasteiger partial charge in [0.1, 0.15) is 11.6 Å². The molecule has 104 valence electrons. The first kappa shape index (κ1) is 14.7. The Bertz CT molecular complexity index is 601. The van der Waals surface area contributed by atoms with Crippen molar-refractivity contribution in [3.8, 4) is 0 Å². The van der Waals surface area contributed by atoms with Crippen LogP contribution in [-0.2, 0) is 11.2 Å². The minimum absolute atomic E-state index is 0.0612. The highest BCUT2D eigenvalue weighted by atomic mass is 35.5. The minimum atomic E-state index is -0.399. The van der Waals surface area contributed by atoms with Gasteiger partial charge < -0.3 is 5.73 Å². The lowest BCUT2D eigenvalue weighted by molar-refractivity contribution is -0.118. The molecule has 1 atom stereocenters. The Morgan fingerprint density at radius 2 is 1.90 bits per heavy atom. The van der Waals surface area contributed by atoms with Crippen LogP contribution in [0.25, 0.3) is 0 Å². The first-order chi connectivity index (χ1) is 9.56. The van der Waals surface area contributed by atoms with Gasteiger partial charge in [0.2, 0.25) is 0 Å². The fourth-order valence-electron chi connectivity index (χ4n) is 2.03. The topological polar surface area (TPSA) is 43.1 Å². The van der Waals surface area contributed by atoms with Gasteiger partial charge in [-0.2, -0.15) is 0 Å². The molecule has 0 fully saturated rings. The number of Topliss-reactive ketones (excluding diaryl/α,β-unsaturated/α-hetero) is 1. The van der Waals surface area contributed by atoms with Crippen molar-refractivity contribution >= 4 is 17.4 Å². The second-order valence-electron chi connectivity index (χ2n) is 4.67. The average molecular weight is 292 g/mol. The van der Waals surface area contributed by atoms with E-state index in [1.54, 1.807) is 0 Å². The van der Waals surface area contributed by atoms with E-state index in [2.05, 4.69) is 0 Å². The van der Waals surface area contributed by atoms with Gasteiger partial charge in [0.15, 0.2) is 0 Å². The fraction of sp³-hybridized carbons (Fsp3) is 0.188. The molecule has 0 saturated heterocycles. The highest BCUT2D eigenvalue weighted by Gasteiger charge is 2.13. The standard InChI is InChI=1S/C16H15ClFNO/c17-15-7-6-13(18)8-12(15)9-14(20)10-16(19)11-4-2-1-3-5-11/h1-8,16H,9-10,19H2. The molecule has 0 bridgehead atoms. The third kappa shape index (κ3) is 3.89. The lowest BCUT2D eigenvalue weighted by Crippen LogP contribution is -2.16. The zero-order chi connectivity index (χ0) is 14.5. The smallest absolute Gasteiger partial charge is 0.139 e. The summed E-state index contributed by atoms with van der Waals surface area (Å²) in [6.07, 6.45) is 0.300. The van der Waals surface area contributed by atoms with Crippen LogP contribution in [0, 0.1) is 5.82 Å². The highest BCUT2D eigenvalue weighted by molar-refractivity contribution is 6.31. The van der Waals surface area contributed by atoms with Gasteiger partial charge in [0, 0.05) is 23.9 Å². The summed E-state index contributed by atoms with van der Waals surface area (Å²) in [6, 6.07) is 13.1. The maximum absolute atomic E-state index is 13.1. The third-order valence-electron chi connectivity index (χ3n) is 3.07. The van der Waals surface area contributed by atoms with Crippen molar-refractivity contribution < 1.29 is 9.18 Å². The molecule has 2 N–H and O–H groups in total. The number of hydrogen-bond donors (Lipinski definition) is 1. The van der Waals surface area contributed by atoms with Gasteiger partial charge in [-0.15, -0.1) is 0 Å². The zero-order valence-electron chi connectivity index (χ0n) is 10.9. The van der Waals surface area contributed by atoms with E-state index in [4.69, 9.17) is 17.3 Å². The molecule has 2 aromatic carbocycles. The molecular formula is C16H15ClFNO. The van der Waals surface area contributed by atoms with Crippen LogP contribution >= 0.6 is 11.6 Å². The molecule has 0 spiro atoms. The van der Waals surface area contributed by atoms with Crippen LogP contribution in [0.1, 0.15) is 23.6 Å². The van der Waals surface area contributed by atoms with Gasteiger partial charge in [-0.25, -0.2) is 4.39 Å². The van der Waals surface area contributed by atoms with Crippen molar-refractivity contribution in [2.24, 2.45) is 5.73 Å². The lowest BCUT2D eigenvalue weighted by Gasteiger charge is -2.11. The first-order valence-electron chi connectivity index (χ1n) is 6.32. The number of halogens is 2. The summed E-state index contributed by atoms with van der Waals surface area (Å²) < 4.78 is 13.1. The van der Waals surface area contributed by atoms with E-state index in [9.17, 15) is 9.18 Å². The molecule has 0 aliphatic rings. The molecule has 4 heteroatoms. The van der Waals surface area contributed by atoms with Gasteiger partial charge >= 0.3 is 0 Å². The lowest BCUT2D eigenvalue weighted by atomic mass is 9.99. The van der Waals surface area contributed by atoms with E-state index >= 15 is 0 Å². The summed E-state index contributed by atoms with van der Waals surface area (Å²) in [4.78, 5) is 12.0. The number of nitrogens with two attached hydrogens (primary N) is 1. The van der Waals surface area contributed by atoms with Gasteiger partial charge in [0.25, 0.3) is 0 Å². The summed E-state index contributed by atoms with van der Waals surface area (Å²) in [6.45, 7) is 0. The largest absolute Gasteiger partial charge is 0.324 e. The van der Waals surface area contributed by atoms with E-state index in [1.165, 1.54) is 18.2 Å². The zero-order valence-corrected chi connectivity index (χ0v) is 11.6. The predicted molar refractivity (Wildman–Crippen MR) is 78.1 cm³/mol. The Morgan fingerprint density at radius 1 is 1.20 bits per heavy atom. The number of benzene rings is 2. The molecule has 20 heavy (non-hydrogen) atoms. The molecule has 0 aliphatic heterocycles. The summed E-state index contributed by atoms with van der Waals surface area (Å²) in [7, 11) is 0. The van der Waals surface area contributed by atoms with Gasteiger partial charge in [-0.05, 0) is 29.3 Å². The SMILES string of the molecule is NC(CC(=O)Cc1cc(F)ccc1Cl)c1ccccc1. The van der Waals surface area contributed by atoms with Crippen molar-refractivity contribution in [1.82, 2.24) is 0 Å². The molecule has 1 unspecified atom stereocenters. The molecule has 2 aromatic rings. The van der Waals surface area contributed by atoms with Crippen LogP contribution in [0.5, 0.6) is 0 Å². The van der Waals surface area contributed by atoms with E-state index in [1.807, 2.05) is 30.3 Å². The summed E-state index contributed by atoms with van der Waals surface area (Å²) in [5.74, 6) is -0.460. The van der Waals surface area contributed by atoms with E-state index in [0.717, 1.165) is 5.56 Å². The van der Waals surface area contributed by atoms with Crippen molar-refractivity contribution in [3.05, 3.63) is 70.5 Å². The van der Waals surface area contributed by atoms with Crippen LogP contribution in [0.4, 0.5) is 4.39 Å². The Balaban J connectivity index is 2.01. The van der Waals surface area contributed by atoms with Crippen LogP contribution < -0.4 is 5.73 Å². The Kier molecular flexibility index (Phi) is 4.88. The van der Waals surface area contributed by atoms with Crippen LogP contribution in [0.2, 0.25) is 5.02 Å². The minimum Gasteiger partial charge on any atom is -0.324 e. The van der Waals surface area contributed by atoms with E-state index in [0.29, 0.717) is 10.6 Å². The molecular weight excluding hydrogens is 277 g/mol. The molecule has 0 aromatic heterocycles. The fourth-order valence-corrected chi connectivity index (χ4v) is 2.21. The van der Waals surface area contributed by atoms with Crippen molar-refractivity contribution in [2.45, 2.75) is 18.9 Å². The van der Waals surface area contributed by atoms with Crippen LogP contribution in [-0.4, -0.2) is 5.78 Å². The molecule has 2 rings (SSSR count). The second kappa shape index (κ2) is 6.64. The molecule has 0 amide bonds. The number of ketones is 1. The Morgan fingerprint density at radius 3 is 2.60 bits per heavy atom. The Hall–Kier alpha value is -1.71. The monoisotopic (exact) mass is 291 g/mol. The first-order valence-corrected chi connectivity index (χ1v) is 6.70. The maximum Gasteiger partial charge on any atom is 0.139 e. The number of rotatable bonds is 5. The van der Waals surface area contributed by atoms with Crippen LogP contribution in [0.3, 0.4) is 0 Å². The van der Waals surface area contributed by atoms with Crippen molar-refractivity contribution in [3.63, 3.8) is 0 Å². The normalized spacial score (nSPS) is 12.2. The molecule has 0 radical (unpaired) electrons. The number of carbonyl (C=O) groups is 1. The molecule has 2 nitrogen and oxygen atoms in total. The van der Waals surface area contributed by atoms with E-state index < -0.39 is 5.82 Å². The predicted octanol–water partition coefficient (Wildman–Crippen LogP) is 3.68. The van der Waals surface area contributed by atoms with Gasteiger partial charge in [0.05, 0.1) is 0 Å². The van der Waals surface area contributed by atoms with Gasteiger partial charge in [-0.1, -0.05) is 41.9 Å². The maximum atomic E-state index is 13.1. The summed E-state index contributed by atoms with van der Waals surface area (Å²) in [5, 5.41) is 0.396. The number of hydrogen-bond acceptors (Lipinski definition) is 2. The molecule has 0 aliphatic carbocycles. The van der Waals surface area contributed by atoms with Gasteiger partial charge in [-0.3, -0.25) is 4.79 Å². The third-order valence-corrected chi connectivity index (χ3v) is 3.44. The van der Waals surface area contributed by atoms with Crippen molar-refractivity contribution in [2.75, 3.05) is 0 Å². The summed E-state index contributed by atoms with van der Waals surface area (Å²) in [5.41, 5.74) is 7.40. The molecule has 0 heterocycles. The quantitative estimate of drug-likeness (QED) is 0.913. The average Bonchev–Trinajstić information content (AvgIpc) is 2.43. The molecule has 0 saturated carbocycles. The highest BCUT2D eigenvalue weighted by Crippen LogP contribution is 2.20. The second-order valence-corrected chi connectivity index (χ2v) is 5.08. The Labute approximate surface area is 122 Å².